The monoisotopic (exact) mass is 327 g/mol. The normalized spacial score (nSPS) is 20.1. The van der Waals surface area contributed by atoms with Crippen LogP contribution < -0.4 is 16.0 Å². The molecule has 2 heterocycles. The topological polar surface area (TPSA) is 79.5 Å². The van der Waals surface area contributed by atoms with Gasteiger partial charge in [0.15, 0.2) is 0 Å². The molecule has 1 saturated heterocycles. The summed E-state index contributed by atoms with van der Waals surface area (Å²) in [5.74, 6) is -0.414. The third-order valence-electron chi connectivity index (χ3n) is 4.03. The quantitative estimate of drug-likeness (QED) is 0.725. The van der Waals surface area contributed by atoms with Crippen LogP contribution in [0.15, 0.2) is 53.8 Å². The van der Waals surface area contributed by atoms with Gasteiger partial charge in [-0.05, 0) is 24.1 Å². The number of carbonyl (C=O) groups is 2. The summed E-state index contributed by atoms with van der Waals surface area (Å²) in [4.78, 5) is 24.4. The molecule has 2 aliphatic rings. The van der Waals surface area contributed by atoms with Gasteiger partial charge in [-0.15, -0.1) is 0 Å². The van der Waals surface area contributed by atoms with Crippen molar-refractivity contribution < 1.29 is 14.3 Å². The fraction of sp³-hybridized carbons (Fsp3) is 0.333. The van der Waals surface area contributed by atoms with Crippen molar-refractivity contribution in [3.05, 3.63) is 59.3 Å². The summed E-state index contributed by atoms with van der Waals surface area (Å²) in [5, 5.41) is 8.69. The van der Waals surface area contributed by atoms with E-state index in [1.165, 1.54) is 0 Å². The van der Waals surface area contributed by atoms with Crippen LogP contribution in [0, 0.1) is 0 Å². The fourth-order valence-corrected chi connectivity index (χ4v) is 2.68. The summed E-state index contributed by atoms with van der Waals surface area (Å²) in [6, 6.07) is 9.89. The Bertz CT molecular complexity index is 678. The van der Waals surface area contributed by atoms with E-state index in [9.17, 15) is 9.59 Å². The number of amides is 2. The minimum absolute atomic E-state index is 0.0534. The summed E-state index contributed by atoms with van der Waals surface area (Å²) in [7, 11) is 1.57. The van der Waals surface area contributed by atoms with Gasteiger partial charge in [-0.2, -0.15) is 0 Å². The highest BCUT2D eigenvalue weighted by Crippen LogP contribution is 2.15. The average Bonchev–Trinajstić information content (AvgIpc) is 2.57. The van der Waals surface area contributed by atoms with Gasteiger partial charge in [0.1, 0.15) is 5.70 Å². The van der Waals surface area contributed by atoms with Crippen LogP contribution in [0.3, 0.4) is 0 Å². The second-order valence-corrected chi connectivity index (χ2v) is 5.91. The van der Waals surface area contributed by atoms with Crippen LogP contribution in [0.1, 0.15) is 5.56 Å². The maximum absolute atomic E-state index is 12.4. The van der Waals surface area contributed by atoms with Crippen molar-refractivity contribution in [1.29, 1.82) is 0 Å². The molecule has 0 aliphatic carbocycles. The number of ether oxygens (including phenoxy) is 1. The summed E-state index contributed by atoms with van der Waals surface area (Å²) >= 11 is 0. The maximum Gasteiger partial charge on any atom is 0.267 e. The molecule has 1 atom stereocenters. The van der Waals surface area contributed by atoms with Crippen LogP contribution in [0.5, 0.6) is 0 Å². The standard InChI is InChI=1S/C18H21N3O3/c1-19-18(23)16-9-13(17(22)21-15-10-24-11-15)8-14(20-16)7-12-5-3-2-4-6-12/h2-6,8-9,14-15,20H,7,10-11H2,1H3,(H,19,23)(H,21,22). The summed E-state index contributed by atoms with van der Waals surface area (Å²) in [5.41, 5.74) is 2.03. The van der Waals surface area contributed by atoms with E-state index in [2.05, 4.69) is 16.0 Å². The van der Waals surface area contributed by atoms with Gasteiger partial charge in [-0.1, -0.05) is 30.3 Å². The van der Waals surface area contributed by atoms with E-state index in [1.807, 2.05) is 36.4 Å². The smallest absolute Gasteiger partial charge is 0.267 e. The number of nitrogens with one attached hydrogen (secondary N) is 3. The SMILES string of the molecule is CNC(=O)C1=CC(C(=O)NC2COC2)=CC(Cc2ccccc2)N1. The number of hydrogen-bond acceptors (Lipinski definition) is 4. The summed E-state index contributed by atoms with van der Waals surface area (Å²) in [6.07, 6.45) is 4.15. The molecule has 0 aromatic heterocycles. The number of hydrogen-bond donors (Lipinski definition) is 3. The van der Waals surface area contributed by atoms with Crippen molar-refractivity contribution in [2.24, 2.45) is 0 Å². The molecule has 6 heteroatoms. The second kappa shape index (κ2) is 7.31. The Balaban J connectivity index is 1.77. The van der Waals surface area contributed by atoms with Crippen molar-refractivity contribution in [2.45, 2.75) is 18.5 Å². The van der Waals surface area contributed by atoms with E-state index < -0.39 is 0 Å². The lowest BCUT2D eigenvalue weighted by atomic mass is 9.98. The number of dihydropyridines is 1. The first-order chi connectivity index (χ1) is 11.7. The molecule has 1 aromatic carbocycles. The Morgan fingerprint density at radius 2 is 1.96 bits per heavy atom. The van der Waals surface area contributed by atoms with E-state index in [-0.39, 0.29) is 23.9 Å². The maximum atomic E-state index is 12.4. The van der Waals surface area contributed by atoms with Crippen molar-refractivity contribution >= 4 is 11.8 Å². The minimum atomic E-state index is -0.238. The van der Waals surface area contributed by atoms with E-state index in [4.69, 9.17) is 4.74 Å². The Morgan fingerprint density at radius 3 is 2.58 bits per heavy atom. The highest BCUT2D eigenvalue weighted by molar-refractivity contribution is 6.01. The van der Waals surface area contributed by atoms with E-state index in [0.29, 0.717) is 30.9 Å². The molecule has 1 fully saturated rings. The van der Waals surface area contributed by atoms with Crippen LogP contribution in [0.25, 0.3) is 0 Å². The third-order valence-corrected chi connectivity index (χ3v) is 4.03. The summed E-state index contributed by atoms with van der Waals surface area (Å²) < 4.78 is 5.07. The molecule has 24 heavy (non-hydrogen) atoms. The Labute approximate surface area is 141 Å². The molecule has 2 amide bonds. The lowest BCUT2D eigenvalue weighted by molar-refractivity contribution is -0.121. The van der Waals surface area contributed by atoms with Crippen molar-refractivity contribution in [1.82, 2.24) is 16.0 Å². The molecule has 6 nitrogen and oxygen atoms in total. The fourth-order valence-electron chi connectivity index (χ4n) is 2.68. The molecule has 0 radical (unpaired) electrons. The van der Waals surface area contributed by atoms with Crippen LogP contribution >= 0.6 is 0 Å². The molecule has 1 aromatic rings. The second-order valence-electron chi connectivity index (χ2n) is 5.91. The van der Waals surface area contributed by atoms with Gasteiger partial charge in [-0.25, -0.2) is 0 Å². The molecule has 1 unspecified atom stereocenters. The van der Waals surface area contributed by atoms with Gasteiger partial charge < -0.3 is 20.7 Å². The zero-order valence-electron chi connectivity index (χ0n) is 13.5. The minimum Gasteiger partial charge on any atom is -0.377 e. The molecule has 126 valence electrons. The number of likely N-dealkylation sites (N-methyl/N-ethyl adjacent to an activating group) is 1. The van der Waals surface area contributed by atoms with Crippen LogP contribution in [0.2, 0.25) is 0 Å². The predicted octanol–water partition coefficient (Wildman–Crippen LogP) is 0.272. The highest BCUT2D eigenvalue weighted by atomic mass is 16.5. The van der Waals surface area contributed by atoms with Crippen LogP contribution in [-0.4, -0.2) is 44.2 Å². The molecule has 3 rings (SSSR count). The van der Waals surface area contributed by atoms with Crippen molar-refractivity contribution in [3.8, 4) is 0 Å². The lowest BCUT2D eigenvalue weighted by Gasteiger charge is -2.28. The lowest BCUT2D eigenvalue weighted by Crippen LogP contribution is -2.49. The largest absolute Gasteiger partial charge is 0.377 e. The molecule has 0 spiro atoms. The number of benzene rings is 1. The molecular weight excluding hydrogens is 306 g/mol. The Hall–Kier alpha value is -2.60. The summed E-state index contributed by atoms with van der Waals surface area (Å²) in [6.45, 7) is 1.08. The highest BCUT2D eigenvalue weighted by Gasteiger charge is 2.25. The molecule has 3 N–H and O–H groups in total. The first-order valence-electron chi connectivity index (χ1n) is 8.00. The van der Waals surface area contributed by atoms with E-state index in [0.717, 1.165) is 5.56 Å². The zero-order chi connectivity index (χ0) is 16.9. The van der Waals surface area contributed by atoms with Crippen molar-refractivity contribution in [2.75, 3.05) is 20.3 Å². The molecule has 2 aliphatic heterocycles. The van der Waals surface area contributed by atoms with Crippen LogP contribution in [0.4, 0.5) is 0 Å². The third kappa shape index (κ3) is 3.83. The average molecular weight is 327 g/mol. The van der Waals surface area contributed by atoms with Gasteiger partial charge >= 0.3 is 0 Å². The van der Waals surface area contributed by atoms with Gasteiger partial charge in [0.05, 0.1) is 19.3 Å². The molecule has 0 saturated carbocycles. The number of carbonyl (C=O) groups excluding carboxylic acids is 2. The molecule has 0 bridgehead atoms. The van der Waals surface area contributed by atoms with E-state index >= 15 is 0 Å². The Kier molecular flexibility index (Phi) is 4.96. The van der Waals surface area contributed by atoms with E-state index in [1.54, 1.807) is 13.1 Å². The Morgan fingerprint density at radius 1 is 1.21 bits per heavy atom. The zero-order valence-corrected chi connectivity index (χ0v) is 13.5. The van der Waals surface area contributed by atoms with Gasteiger partial charge in [0.2, 0.25) is 0 Å². The van der Waals surface area contributed by atoms with Gasteiger partial charge in [-0.3, -0.25) is 9.59 Å². The number of rotatable bonds is 5. The predicted molar refractivity (Wildman–Crippen MR) is 90.1 cm³/mol. The van der Waals surface area contributed by atoms with Gasteiger partial charge in [0.25, 0.3) is 11.8 Å². The molecular formula is C18H21N3O3. The van der Waals surface area contributed by atoms with Gasteiger partial charge in [0, 0.05) is 18.7 Å². The van der Waals surface area contributed by atoms with Crippen molar-refractivity contribution in [3.63, 3.8) is 0 Å². The van der Waals surface area contributed by atoms with Crippen LogP contribution in [-0.2, 0) is 20.7 Å². The first-order valence-corrected chi connectivity index (χ1v) is 8.00. The first kappa shape index (κ1) is 16.3.